The van der Waals surface area contributed by atoms with Crippen LogP contribution in [0, 0.1) is 19.8 Å². The summed E-state index contributed by atoms with van der Waals surface area (Å²) >= 11 is 0. The third-order valence-electron chi connectivity index (χ3n) is 5.25. The number of hydrogen-bond donors (Lipinski definition) is 0. The van der Waals surface area contributed by atoms with E-state index in [1.165, 1.54) is 14.7 Å². The standard InChI is InChI=1S/C21H25N5O2/c1-13(2)10-11-24-19(27)17-18(23(5)21(24)28)22-20-25(17)12-15(4)26(20)16-8-6-14(3)7-9-16/h6-9,12-13H,10-11H2,1-5H3. The van der Waals surface area contributed by atoms with Gasteiger partial charge in [-0.3, -0.25) is 22.9 Å². The summed E-state index contributed by atoms with van der Waals surface area (Å²) in [6.07, 6.45) is 2.68. The van der Waals surface area contributed by atoms with Gasteiger partial charge in [0.05, 0.1) is 0 Å². The maximum absolute atomic E-state index is 13.2. The van der Waals surface area contributed by atoms with Crippen LogP contribution in [-0.4, -0.2) is 23.1 Å². The summed E-state index contributed by atoms with van der Waals surface area (Å²) in [4.78, 5) is 30.6. The molecule has 146 valence electrons. The highest BCUT2D eigenvalue weighted by atomic mass is 16.2. The van der Waals surface area contributed by atoms with Crippen molar-refractivity contribution >= 4 is 16.9 Å². The average molecular weight is 379 g/mol. The van der Waals surface area contributed by atoms with Crippen molar-refractivity contribution < 1.29 is 0 Å². The van der Waals surface area contributed by atoms with Crippen LogP contribution in [0.4, 0.5) is 0 Å². The number of fused-ring (bicyclic) bond motifs is 3. The molecule has 0 spiro atoms. The van der Waals surface area contributed by atoms with Crippen molar-refractivity contribution in [1.82, 2.24) is 23.1 Å². The maximum atomic E-state index is 13.2. The third kappa shape index (κ3) is 2.69. The van der Waals surface area contributed by atoms with E-state index in [9.17, 15) is 9.59 Å². The molecule has 0 fully saturated rings. The van der Waals surface area contributed by atoms with Gasteiger partial charge in [-0.2, -0.15) is 4.98 Å². The molecular formula is C21H25N5O2. The Bertz CT molecular complexity index is 1300. The highest BCUT2D eigenvalue weighted by molar-refractivity contribution is 5.76. The Hall–Kier alpha value is -3.09. The molecule has 0 saturated heterocycles. The lowest BCUT2D eigenvalue weighted by Crippen LogP contribution is -2.39. The average Bonchev–Trinajstić information content (AvgIpc) is 3.15. The van der Waals surface area contributed by atoms with Gasteiger partial charge in [0, 0.05) is 31.2 Å². The Kier molecular flexibility index (Phi) is 4.25. The highest BCUT2D eigenvalue weighted by Gasteiger charge is 2.20. The number of aryl methyl sites for hydroxylation is 3. The molecule has 7 heteroatoms. The van der Waals surface area contributed by atoms with Crippen molar-refractivity contribution in [2.24, 2.45) is 13.0 Å². The fraction of sp³-hybridized carbons (Fsp3) is 0.381. The largest absolute Gasteiger partial charge is 0.332 e. The molecule has 0 bridgehead atoms. The van der Waals surface area contributed by atoms with Crippen molar-refractivity contribution in [3.63, 3.8) is 0 Å². The van der Waals surface area contributed by atoms with E-state index >= 15 is 0 Å². The summed E-state index contributed by atoms with van der Waals surface area (Å²) in [7, 11) is 1.67. The molecule has 3 aromatic heterocycles. The van der Waals surface area contributed by atoms with Gasteiger partial charge in [-0.05, 0) is 38.3 Å². The minimum absolute atomic E-state index is 0.285. The SMILES string of the molecule is Cc1ccc(-n2c(C)cn3c4c(=O)n(CCC(C)C)c(=O)n(C)c4nc23)cc1. The van der Waals surface area contributed by atoms with Crippen molar-refractivity contribution in [3.05, 3.63) is 62.6 Å². The molecule has 1 aromatic carbocycles. The van der Waals surface area contributed by atoms with Crippen LogP contribution in [0.2, 0.25) is 0 Å². The molecule has 0 atom stereocenters. The van der Waals surface area contributed by atoms with Crippen LogP contribution < -0.4 is 11.2 Å². The first-order valence-electron chi connectivity index (χ1n) is 9.56. The second-order valence-corrected chi connectivity index (χ2v) is 7.88. The lowest BCUT2D eigenvalue weighted by Gasteiger charge is -2.09. The third-order valence-corrected chi connectivity index (χ3v) is 5.25. The molecule has 28 heavy (non-hydrogen) atoms. The van der Waals surface area contributed by atoms with Crippen LogP contribution in [0.15, 0.2) is 40.1 Å². The maximum Gasteiger partial charge on any atom is 0.332 e. The second-order valence-electron chi connectivity index (χ2n) is 7.88. The lowest BCUT2D eigenvalue weighted by molar-refractivity contribution is 0.488. The van der Waals surface area contributed by atoms with E-state index < -0.39 is 0 Å². The number of aromatic nitrogens is 5. The first kappa shape index (κ1) is 18.3. The first-order chi connectivity index (χ1) is 13.3. The van der Waals surface area contributed by atoms with Crippen molar-refractivity contribution in [3.8, 4) is 5.69 Å². The monoisotopic (exact) mass is 379 g/mol. The van der Waals surface area contributed by atoms with E-state index in [4.69, 9.17) is 0 Å². The number of imidazole rings is 2. The minimum Gasteiger partial charge on any atom is -0.283 e. The van der Waals surface area contributed by atoms with E-state index in [1.54, 1.807) is 11.4 Å². The summed E-state index contributed by atoms with van der Waals surface area (Å²) in [5.41, 5.74) is 3.36. The van der Waals surface area contributed by atoms with Gasteiger partial charge in [0.15, 0.2) is 11.2 Å². The zero-order valence-corrected chi connectivity index (χ0v) is 16.9. The second kappa shape index (κ2) is 6.51. The predicted molar refractivity (Wildman–Crippen MR) is 110 cm³/mol. The molecule has 0 aliphatic rings. The molecule has 4 aromatic rings. The fourth-order valence-corrected chi connectivity index (χ4v) is 3.61. The Morgan fingerprint density at radius 1 is 1.07 bits per heavy atom. The van der Waals surface area contributed by atoms with Crippen LogP contribution in [0.3, 0.4) is 0 Å². The van der Waals surface area contributed by atoms with Gasteiger partial charge in [-0.25, -0.2) is 4.79 Å². The molecule has 0 aliphatic carbocycles. The zero-order chi connectivity index (χ0) is 20.2. The topological polar surface area (TPSA) is 66.2 Å². The quantitative estimate of drug-likeness (QED) is 0.548. The van der Waals surface area contributed by atoms with Gasteiger partial charge < -0.3 is 0 Å². The van der Waals surface area contributed by atoms with Crippen molar-refractivity contribution in [2.45, 2.75) is 40.7 Å². The fourth-order valence-electron chi connectivity index (χ4n) is 3.61. The molecule has 7 nitrogen and oxygen atoms in total. The van der Waals surface area contributed by atoms with Gasteiger partial charge in [0.1, 0.15) is 0 Å². The summed E-state index contributed by atoms with van der Waals surface area (Å²) in [6.45, 7) is 8.59. The highest BCUT2D eigenvalue weighted by Crippen LogP contribution is 2.21. The van der Waals surface area contributed by atoms with Crippen LogP contribution in [0.25, 0.3) is 22.6 Å². The number of nitrogens with zero attached hydrogens (tertiary/aromatic N) is 5. The van der Waals surface area contributed by atoms with Crippen molar-refractivity contribution in [1.29, 1.82) is 0 Å². The Labute approximate surface area is 162 Å². The lowest BCUT2D eigenvalue weighted by atomic mass is 10.1. The number of benzene rings is 1. The molecule has 3 heterocycles. The van der Waals surface area contributed by atoms with Gasteiger partial charge in [-0.15, -0.1) is 0 Å². The summed E-state index contributed by atoms with van der Waals surface area (Å²) in [5, 5.41) is 0. The van der Waals surface area contributed by atoms with Gasteiger partial charge in [-0.1, -0.05) is 31.5 Å². The number of rotatable bonds is 4. The van der Waals surface area contributed by atoms with E-state index in [1.807, 2.05) is 48.9 Å². The van der Waals surface area contributed by atoms with Crippen LogP contribution in [0.1, 0.15) is 31.5 Å². The molecule has 0 unspecified atom stereocenters. The van der Waals surface area contributed by atoms with Gasteiger partial charge in [0.2, 0.25) is 5.78 Å². The molecule has 0 N–H and O–H groups in total. The van der Waals surface area contributed by atoms with E-state index in [0.29, 0.717) is 29.4 Å². The summed E-state index contributed by atoms with van der Waals surface area (Å²) in [5.74, 6) is 1.03. The van der Waals surface area contributed by atoms with Gasteiger partial charge >= 0.3 is 5.69 Å². The molecule has 0 saturated carbocycles. The first-order valence-corrected chi connectivity index (χ1v) is 9.56. The molecule has 0 radical (unpaired) electrons. The van der Waals surface area contributed by atoms with Crippen LogP contribution in [0.5, 0.6) is 0 Å². The van der Waals surface area contributed by atoms with Crippen LogP contribution >= 0.6 is 0 Å². The molecule has 0 aliphatic heterocycles. The van der Waals surface area contributed by atoms with E-state index in [2.05, 4.69) is 18.8 Å². The zero-order valence-electron chi connectivity index (χ0n) is 16.9. The smallest absolute Gasteiger partial charge is 0.283 e. The van der Waals surface area contributed by atoms with Crippen molar-refractivity contribution in [2.75, 3.05) is 0 Å². The summed E-state index contributed by atoms with van der Waals surface area (Å²) < 4.78 is 6.61. The predicted octanol–water partition coefficient (Wildman–Crippen LogP) is 2.80. The Morgan fingerprint density at radius 2 is 1.75 bits per heavy atom. The van der Waals surface area contributed by atoms with Gasteiger partial charge in [0.25, 0.3) is 5.56 Å². The summed E-state index contributed by atoms with van der Waals surface area (Å²) in [6, 6.07) is 8.15. The Morgan fingerprint density at radius 3 is 2.39 bits per heavy atom. The van der Waals surface area contributed by atoms with Crippen LogP contribution in [-0.2, 0) is 13.6 Å². The van der Waals surface area contributed by atoms with E-state index in [0.717, 1.165) is 17.8 Å². The molecule has 0 amide bonds. The molecular weight excluding hydrogens is 354 g/mol. The normalized spacial score (nSPS) is 11.9. The molecule has 4 rings (SSSR count). The van der Waals surface area contributed by atoms with E-state index in [-0.39, 0.29) is 11.2 Å². The number of hydrogen-bond acceptors (Lipinski definition) is 3. The Balaban J connectivity index is 2.03. The minimum atomic E-state index is -0.322.